The highest BCUT2D eigenvalue weighted by atomic mass is 35.5. The second kappa shape index (κ2) is 8.73. The molecule has 1 aliphatic rings. The van der Waals surface area contributed by atoms with Crippen molar-refractivity contribution in [2.24, 2.45) is 5.92 Å². The molecule has 1 saturated heterocycles. The van der Waals surface area contributed by atoms with E-state index in [-0.39, 0.29) is 17.6 Å². The fraction of sp³-hybridized carbons (Fsp3) is 0.400. The van der Waals surface area contributed by atoms with Crippen LogP contribution in [0.15, 0.2) is 24.7 Å². The number of alkyl halides is 1. The van der Waals surface area contributed by atoms with Gasteiger partial charge in [0.25, 0.3) is 0 Å². The number of likely N-dealkylation sites (tertiary alicyclic amines) is 1. The summed E-state index contributed by atoms with van der Waals surface area (Å²) >= 11 is 12.0. The zero-order valence-corrected chi connectivity index (χ0v) is 17.8. The first kappa shape index (κ1) is 20.8. The van der Waals surface area contributed by atoms with Crippen molar-refractivity contribution in [3.63, 3.8) is 0 Å². The van der Waals surface area contributed by atoms with Gasteiger partial charge in [-0.3, -0.25) is 4.79 Å². The highest BCUT2D eigenvalue weighted by Gasteiger charge is 2.26. The number of rotatable bonds is 5. The number of carbonyl (C=O) groups excluding carboxylic acids is 1. The van der Waals surface area contributed by atoms with Crippen LogP contribution in [0.5, 0.6) is 0 Å². The zero-order chi connectivity index (χ0) is 21.3. The smallest absolute Gasteiger partial charge is 0.240 e. The molecule has 3 aromatic rings. The van der Waals surface area contributed by atoms with Gasteiger partial charge in [0.2, 0.25) is 5.91 Å². The van der Waals surface area contributed by atoms with Gasteiger partial charge in [0.1, 0.15) is 11.0 Å². The summed E-state index contributed by atoms with van der Waals surface area (Å²) in [6.45, 7) is 3.47. The second-order valence-corrected chi connectivity index (χ2v) is 8.52. The number of H-pyrrole nitrogens is 1. The van der Waals surface area contributed by atoms with Gasteiger partial charge in [0.15, 0.2) is 17.5 Å². The number of hydrogen-bond donors (Lipinski definition) is 2. The highest BCUT2D eigenvalue weighted by Crippen LogP contribution is 2.28. The topological polar surface area (TPSA) is 86.8 Å². The standard InChI is InChI=1S/C20H21Cl2FN6O/c1-11(21)20(30)29-4-2-3-12(10-29)6-24-19-16(23)9-27-18(28-19)15-8-26-17-14(15)5-13(22)7-25-17/h5,7-9,11-12H,2-4,6,10H2,1H3,(H,25,26)(H,24,27,28)/t11?,12-/m1/s1. The van der Waals surface area contributed by atoms with Crippen LogP contribution in [0.25, 0.3) is 22.4 Å². The van der Waals surface area contributed by atoms with Gasteiger partial charge in [0, 0.05) is 43.0 Å². The molecule has 0 radical (unpaired) electrons. The van der Waals surface area contributed by atoms with E-state index < -0.39 is 11.2 Å². The second-order valence-electron chi connectivity index (χ2n) is 7.43. The van der Waals surface area contributed by atoms with Crippen LogP contribution in [0.2, 0.25) is 5.02 Å². The van der Waals surface area contributed by atoms with Gasteiger partial charge in [-0.15, -0.1) is 11.6 Å². The van der Waals surface area contributed by atoms with Crippen molar-refractivity contribution in [1.29, 1.82) is 0 Å². The summed E-state index contributed by atoms with van der Waals surface area (Å²) in [6, 6.07) is 1.76. The van der Waals surface area contributed by atoms with E-state index in [0.29, 0.717) is 41.7 Å². The third-order valence-corrected chi connectivity index (χ3v) is 5.61. The van der Waals surface area contributed by atoms with Crippen molar-refractivity contribution in [1.82, 2.24) is 24.8 Å². The molecule has 0 aromatic carbocycles. The molecule has 0 saturated carbocycles. The average molecular weight is 451 g/mol. The number of fused-ring (bicyclic) bond motifs is 1. The number of aromatic amines is 1. The minimum absolute atomic E-state index is 0.0662. The maximum absolute atomic E-state index is 14.3. The molecule has 7 nitrogen and oxygen atoms in total. The van der Waals surface area contributed by atoms with E-state index in [4.69, 9.17) is 23.2 Å². The SMILES string of the molecule is CC(Cl)C(=O)N1CCC[C@H](CNc2nc(-c3c[nH]c4ncc(Cl)cc34)ncc2F)C1. The minimum Gasteiger partial charge on any atom is -0.367 e. The number of halogens is 3. The molecular formula is C20H21Cl2FN6O. The van der Waals surface area contributed by atoms with E-state index in [2.05, 4.69) is 25.3 Å². The van der Waals surface area contributed by atoms with E-state index >= 15 is 0 Å². The third-order valence-electron chi connectivity index (χ3n) is 5.21. The molecule has 4 heterocycles. The lowest BCUT2D eigenvalue weighted by Gasteiger charge is -2.33. The molecule has 158 valence electrons. The number of pyridine rings is 1. The van der Waals surface area contributed by atoms with Crippen LogP contribution in [-0.4, -0.2) is 55.8 Å². The van der Waals surface area contributed by atoms with E-state index in [1.54, 1.807) is 30.3 Å². The van der Waals surface area contributed by atoms with Crippen molar-refractivity contribution < 1.29 is 9.18 Å². The van der Waals surface area contributed by atoms with Gasteiger partial charge in [0.05, 0.1) is 11.2 Å². The average Bonchev–Trinajstić information content (AvgIpc) is 3.15. The van der Waals surface area contributed by atoms with Crippen LogP contribution in [0, 0.1) is 11.7 Å². The van der Waals surface area contributed by atoms with Gasteiger partial charge in [-0.2, -0.15) is 0 Å². The number of nitrogens with one attached hydrogen (secondary N) is 2. The van der Waals surface area contributed by atoms with Crippen molar-refractivity contribution >= 4 is 46.0 Å². The summed E-state index contributed by atoms with van der Waals surface area (Å²) in [5, 5.41) is 3.79. The van der Waals surface area contributed by atoms with Gasteiger partial charge in [-0.05, 0) is 31.7 Å². The van der Waals surface area contributed by atoms with Crippen LogP contribution in [0.1, 0.15) is 19.8 Å². The van der Waals surface area contributed by atoms with Crippen LogP contribution in [0.3, 0.4) is 0 Å². The number of amides is 1. The number of carbonyl (C=O) groups is 1. The Morgan fingerprint density at radius 3 is 3.07 bits per heavy atom. The Labute approximate surface area is 183 Å². The quantitative estimate of drug-likeness (QED) is 0.571. The normalized spacial score (nSPS) is 17.9. The summed E-state index contributed by atoms with van der Waals surface area (Å²) in [6.07, 6.45) is 6.25. The van der Waals surface area contributed by atoms with Crippen molar-refractivity contribution in [3.05, 3.63) is 35.5 Å². The highest BCUT2D eigenvalue weighted by molar-refractivity contribution is 6.31. The number of anilines is 1. The fourth-order valence-electron chi connectivity index (χ4n) is 3.71. The van der Waals surface area contributed by atoms with Gasteiger partial charge in [-0.1, -0.05) is 11.6 Å². The summed E-state index contributed by atoms with van der Waals surface area (Å²) in [4.78, 5) is 29.7. The summed E-state index contributed by atoms with van der Waals surface area (Å²) in [5.41, 5.74) is 1.34. The van der Waals surface area contributed by atoms with E-state index in [0.717, 1.165) is 24.4 Å². The largest absolute Gasteiger partial charge is 0.367 e. The van der Waals surface area contributed by atoms with E-state index in [9.17, 15) is 9.18 Å². The molecule has 0 spiro atoms. The summed E-state index contributed by atoms with van der Waals surface area (Å²) < 4.78 is 14.3. The first-order valence-electron chi connectivity index (χ1n) is 9.74. The zero-order valence-electron chi connectivity index (χ0n) is 16.3. The predicted octanol–water partition coefficient (Wildman–Crippen LogP) is 4.09. The molecule has 0 bridgehead atoms. The Kier molecular flexibility index (Phi) is 6.06. The number of aromatic nitrogens is 4. The van der Waals surface area contributed by atoms with Crippen LogP contribution in [0.4, 0.5) is 10.2 Å². The summed E-state index contributed by atoms with van der Waals surface area (Å²) in [5.74, 6) is 0.0764. The number of nitrogens with zero attached hydrogens (tertiary/aromatic N) is 4. The minimum atomic E-state index is -0.544. The molecule has 3 aromatic heterocycles. The lowest BCUT2D eigenvalue weighted by Crippen LogP contribution is -2.44. The molecule has 10 heteroatoms. The lowest BCUT2D eigenvalue weighted by atomic mass is 9.97. The van der Waals surface area contributed by atoms with Gasteiger partial charge >= 0.3 is 0 Å². The van der Waals surface area contributed by atoms with E-state index in [1.165, 1.54) is 0 Å². The van der Waals surface area contributed by atoms with Crippen molar-refractivity contribution in [2.75, 3.05) is 25.0 Å². The Balaban J connectivity index is 1.50. The van der Waals surface area contributed by atoms with Gasteiger partial charge < -0.3 is 15.2 Å². The van der Waals surface area contributed by atoms with Crippen molar-refractivity contribution in [2.45, 2.75) is 25.1 Å². The molecule has 30 heavy (non-hydrogen) atoms. The Morgan fingerprint density at radius 2 is 2.27 bits per heavy atom. The van der Waals surface area contributed by atoms with Crippen LogP contribution in [-0.2, 0) is 4.79 Å². The monoisotopic (exact) mass is 450 g/mol. The summed E-state index contributed by atoms with van der Waals surface area (Å²) in [7, 11) is 0. The third kappa shape index (κ3) is 4.34. The Bertz CT molecular complexity index is 1070. The fourth-order valence-corrected chi connectivity index (χ4v) is 4.00. The first-order valence-corrected chi connectivity index (χ1v) is 10.6. The van der Waals surface area contributed by atoms with Gasteiger partial charge in [-0.25, -0.2) is 19.3 Å². The molecule has 0 aliphatic carbocycles. The maximum Gasteiger partial charge on any atom is 0.240 e. The molecule has 4 rings (SSSR count). The molecule has 2 N–H and O–H groups in total. The molecule has 1 unspecified atom stereocenters. The van der Waals surface area contributed by atoms with Crippen LogP contribution >= 0.6 is 23.2 Å². The molecule has 1 aliphatic heterocycles. The molecular weight excluding hydrogens is 430 g/mol. The van der Waals surface area contributed by atoms with E-state index in [1.807, 2.05) is 0 Å². The maximum atomic E-state index is 14.3. The molecule has 1 amide bonds. The Hall–Kier alpha value is -2.45. The van der Waals surface area contributed by atoms with Crippen LogP contribution < -0.4 is 5.32 Å². The van der Waals surface area contributed by atoms with Crippen molar-refractivity contribution in [3.8, 4) is 11.4 Å². The lowest BCUT2D eigenvalue weighted by molar-refractivity contribution is -0.132. The molecule has 1 fully saturated rings. The Morgan fingerprint density at radius 1 is 1.43 bits per heavy atom. The molecule has 2 atom stereocenters. The number of piperidine rings is 1. The first-order chi connectivity index (χ1) is 14.4. The number of hydrogen-bond acceptors (Lipinski definition) is 5. The predicted molar refractivity (Wildman–Crippen MR) is 115 cm³/mol.